The molecule has 0 spiro atoms. The Balaban J connectivity index is 2.45. The number of hydroxylamine groups is 2. The monoisotopic (exact) mass is 244 g/mol. The van der Waals surface area contributed by atoms with E-state index in [0.29, 0.717) is 0 Å². The molecule has 0 aliphatic heterocycles. The van der Waals surface area contributed by atoms with Gasteiger partial charge in [-0.25, -0.2) is 9.86 Å². The normalized spacial score (nSPS) is 24.2. The molecule has 17 heavy (non-hydrogen) atoms. The van der Waals surface area contributed by atoms with Crippen LogP contribution in [0.25, 0.3) is 0 Å². The summed E-state index contributed by atoms with van der Waals surface area (Å²) in [4.78, 5) is 28.8. The smallest absolute Gasteiger partial charge is 0.407 e. The van der Waals surface area contributed by atoms with E-state index in [1.165, 1.54) is 17.1 Å². The molecule has 0 heterocycles. The minimum Gasteiger partial charge on any atom is -0.465 e. The number of carboxylic acid groups (broad SMARTS) is 1. The number of hydrogen-bond acceptors (Lipinski definition) is 3. The van der Waals surface area contributed by atoms with Crippen LogP contribution in [0.3, 0.4) is 0 Å². The van der Waals surface area contributed by atoms with Crippen molar-refractivity contribution in [3.63, 3.8) is 0 Å². The van der Waals surface area contributed by atoms with Crippen LogP contribution in [0.5, 0.6) is 0 Å². The van der Waals surface area contributed by atoms with Gasteiger partial charge in [0.25, 0.3) is 0 Å². The fourth-order valence-electron chi connectivity index (χ4n) is 2.21. The van der Waals surface area contributed by atoms with Gasteiger partial charge in [0.05, 0.1) is 7.11 Å². The molecule has 0 aromatic rings. The summed E-state index contributed by atoms with van der Waals surface area (Å²) in [5.41, 5.74) is 0. The fourth-order valence-corrected chi connectivity index (χ4v) is 2.21. The molecule has 0 aromatic carbocycles. The van der Waals surface area contributed by atoms with Gasteiger partial charge in [0.1, 0.15) is 0 Å². The van der Waals surface area contributed by atoms with E-state index in [1.807, 2.05) is 0 Å². The number of carbonyl (C=O) groups excluding carboxylic acids is 1. The van der Waals surface area contributed by atoms with Crippen LogP contribution in [-0.4, -0.2) is 54.3 Å². The SMILES string of the molecule is CON(C)C(=O)[C@H]1CC[C@@H](N(C)C(=O)O)CC1. The third-order valence-electron chi connectivity index (χ3n) is 3.48. The van der Waals surface area contributed by atoms with Crippen LogP contribution < -0.4 is 0 Å². The van der Waals surface area contributed by atoms with E-state index in [1.54, 1.807) is 14.1 Å². The van der Waals surface area contributed by atoms with Crippen LogP contribution in [0.2, 0.25) is 0 Å². The molecule has 1 aliphatic rings. The summed E-state index contributed by atoms with van der Waals surface area (Å²) in [6, 6.07) is 0.0319. The van der Waals surface area contributed by atoms with E-state index < -0.39 is 6.09 Å². The van der Waals surface area contributed by atoms with E-state index in [9.17, 15) is 9.59 Å². The van der Waals surface area contributed by atoms with E-state index in [2.05, 4.69) is 0 Å². The van der Waals surface area contributed by atoms with E-state index in [4.69, 9.17) is 9.94 Å². The first-order valence-electron chi connectivity index (χ1n) is 5.74. The Kier molecular flexibility index (Phi) is 4.74. The maximum Gasteiger partial charge on any atom is 0.407 e. The van der Waals surface area contributed by atoms with Gasteiger partial charge in [-0.3, -0.25) is 9.63 Å². The van der Waals surface area contributed by atoms with Crippen molar-refractivity contribution >= 4 is 12.0 Å². The molecule has 0 saturated heterocycles. The Morgan fingerprint density at radius 1 is 1.18 bits per heavy atom. The summed E-state index contributed by atoms with van der Waals surface area (Å²) < 4.78 is 0. The van der Waals surface area contributed by atoms with E-state index in [-0.39, 0.29) is 17.9 Å². The average Bonchev–Trinajstić information content (AvgIpc) is 2.36. The molecule has 6 heteroatoms. The maximum atomic E-state index is 11.8. The first-order chi connectivity index (χ1) is 7.97. The topological polar surface area (TPSA) is 70.1 Å². The summed E-state index contributed by atoms with van der Waals surface area (Å²) in [5, 5.41) is 10.1. The van der Waals surface area contributed by atoms with Crippen molar-refractivity contribution < 1.29 is 19.5 Å². The number of hydrogen-bond donors (Lipinski definition) is 1. The number of rotatable bonds is 3. The number of nitrogens with zero attached hydrogens (tertiary/aromatic N) is 2. The van der Waals surface area contributed by atoms with Crippen LogP contribution >= 0.6 is 0 Å². The molecule has 98 valence electrons. The van der Waals surface area contributed by atoms with Crippen molar-refractivity contribution in [3.05, 3.63) is 0 Å². The highest BCUT2D eigenvalue weighted by atomic mass is 16.7. The lowest BCUT2D eigenvalue weighted by Crippen LogP contribution is -2.41. The number of carbonyl (C=O) groups is 2. The molecule has 1 aliphatic carbocycles. The molecule has 1 saturated carbocycles. The van der Waals surface area contributed by atoms with Crippen molar-refractivity contribution in [2.24, 2.45) is 5.92 Å². The quantitative estimate of drug-likeness (QED) is 0.757. The molecule has 1 N–H and O–H groups in total. The second kappa shape index (κ2) is 5.86. The van der Waals surface area contributed by atoms with Gasteiger partial charge in [-0.1, -0.05) is 0 Å². The van der Waals surface area contributed by atoms with Gasteiger partial charge in [0, 0.05) is 26.1 Å². The Bertz CT molecular complexity index is 287. The molecule has 6 nitrogen and oxygen atoms in total. The van der Waals surface area contributed by atoms with E-state index >= 15 is 0 Å². The molecular weight excluding hydrogens is 224 g/mol. The van der Waals surface area contributed by atoms with Crippen molar-refractivity contribution in [1.82, 2.24) is 9.96 Å². The molecular formula is C11H20N2O4. The zero-order valence-electron chi connectivity index (χ0n) is 10.5. The average molecular weight is 244 g/mol. The zero-order chi connectivity index (χ0) is 13.0. The summed E-state index contributed by atoms with van der Waals surface area (Å²) in [6.45, 7) is 0. The highest BCUT2D eigenvalue weighted by Gasteiger charge is 2.31. The van der Waals surface area contributed by atoms with Crippen LogP contribution in [0.4, 0.5) is 4.79 Å². The molecule has 2 amide bonds. The van der Waals surface area contributed by atoms with Gasteiger partial charge in [0.2, 0.25) is 5.91 Å². The molecule has 0 bridgehead atoms. The molecule has 1 fully saturated rings. The van der Waals surface area contributed by atoms with Gasteiger partial charge in [-0.15, -0.1) is 0 Å². The van der Waals surface area contributed by atoms with Gasteiger partial charge in [-0.2, -0.15) is 0 Å². The summed E-state index contributed by atoms with van der Waals surface area (Å²) in [6.07, 6.45) is 1.99. The summed E-state index contributed by atoms with van der Waals surface area (Å²) >= 11 is 0. The fraction of sp³-hybridized carbons (Fsp3) is 0.818. The minimum atomic E-state index is -0.909. The Labute approximate surface area is 101 Å². The minimum absolute atomic E-state index is 0.0241. The van der Waals surface area contributed by atoms with Crippen LogP contribution in [0.15, 0.2) is 0 Å². The Morgan fingerprint density at radius 3 is 2.12 bits per heavy atom. The third-order valence-corrected chi connectivity index (χ3v) is 3.48. The first-order valence-corrected chi connectivity index (χ1v) is 5.74. The lowest BCUT2D eigenvalue weighted by atomic mass is 9.85. The predicted octanol–water partition coefficient (Wildman–Crippen LogP) is 1.17. The maximum absolute atomic E-state index is 11.8. The van der Waals surface area contributed by atoms with Crippen molar-refractivity contribution in [2.75, 3.05) is 21.2 Å². The van der Waals surface area contributed by atoms with Crippen LogP contribution in [-0.2, 0) is 9.63 Å². The molecule has 0 atom stereocenters. The van der Waals surface area contributed by atoms with Gasteiger partial charge in [-0.05, 0) is 25.7 Å². The molecule has 0 radical (unpaired) electrons. The second-order valence-corrected chi connectivity index (χ2v) is 4.42. The van der Waals surface area contributed by atoms with Gasteiger partial charge >= 0.3 is 6.09 Å². The Morgan fingerprint density at radius 2 is 1.71 bits per heavy atom. The predicted molar refractivity (Wildman–Crippen MR) is 61.3 cm³/mol. The second-order valence-electron chi connectivity index (χ2n) is 4.42. The summed E-state index contributed by atoms with van der Waals surface area (Å²) in [5.74, 6) is -0.0673. The largest absolute Gasteiger partial charge is 0.465 e. The zero-order valence-corrected chi connectivity index (χ0v) is 10.5. The number of amides is 2. The lowest BCUT2D eigenvalue weighted by Gasteiger charge is -2.33. The summed E-state index contributed by atoms with van der Waals surface area (Å²) in [7, 11) is 4.63. The molecule has 0 unspecified atom stereocenters. The van der Waals surface area contributed by atoms with Gasteiger partial charge in [0.15, 0.2) is 0 Å². The third kappa shape index (κ3) is 3.33. The first kappa shape index (κ1) is 13.8. The van der Waals surface area contributed by atoms with Gasteiger partial charge < -0.3 is 10.0 Å². The lowest BCUT2D eigenvalue weighted by molar-refractivity contribution is -0.174. The van der Waals surface area contributed by atoms with Crippen molar-refractivity contribution in [1.29, 1.82) is 0 Å². The van der Waals surface area contributed by atoms with E-state index in [0.717, 1.165) is 25.7 Å². The standard InChI is InChI=1S/C11H20N2O4/c1-12(11(15)16)9-6-4-8(5-7-9)10(14)13(2)17-3/h8-9H,4-7H2,1-3H3,(H,15,16)/t8-,9+. The van der Waals surface area contributed by atoms with Crippen molar-refractivity contribution in [2.45, 2.75) is 31.7 Å². The van der Waals surface area contributed by atoms with Crippen LogP contribution in [0, 0.1) is 5.92 Å². The highest BCUT2D eigenvalue weighted by Crippen LogP contribution is 2.28. The Hall–Kier alpha value is -1.30. The van der Waals surface area contributed by atoms with Crippen LogP contribution in [0.1, 0.15) is 25.7 Å². The molecule has 0 aromatic heterocycles. The molecule has 1 rings (SSSR count). The highest BCUT2D eigenvalue weighted by molar-refractivity contribution is 5.77. The van der Waals surface area contributed by atoms with Crippen molar-refractivity contribution in [3.8, 4) is 0 Å².